The molecule has 80 valence electrons. The lowest BCUT2D eigenvalue weighted by atomic mass is 10.2. The molecule has 0 unspecified atom stereocenters. The van der Waals surface area contributed by atoms with Gasteiger partial charge in [0, 0.05) is 4.47 Å². The molecule has 0 aromatic heterocycles. The van der Waals surface area contributed by atoms with Crippen molar-refractivity contribution < 1.29 is 4.74 Å². The van der Waals surface area contributed by atoms with Gasteiger partial charge in [0.25, 0.3) is 0 Å². The third kappa shape index (κ3) is 4.16. The highest BCUT2D eigenvalue weighted by molar-refractivity contribution is 9.10. The Morgan fingerprint density at radius 2 is 1.50 bits per heavy atom. The van der Waals surface area contributed by atoms with E-state index in [2.05, 4.69) is 28.1 Å². The van der Waals surface area contributed by atoms with Gasteiger partial charge in [-0.15, -0.1) is 0 Å². The summed E-state index contributed by atoms with van der Waals surface area (Å²) in [7, 11) is 0. The molecule has 16 heavy (non-hydrogen) atoms. The zero-order valence-corrected chi connectivity index (χ0v) is 9.78. The molecule has 0 radical (unpaired) electrons. The highest BCUT2D eigenvalue weighted by Crippen LogP contribution is 2.17. The summed E-state index contributed by atoms with van der Waals surface area (Å²) in [6, 6.07) is 18.0. The molecule has 0 saturated heterocycles. The van der Waals surface area contributed by atoms with Gasteiger partial charge in [-0.2, -0.15) is 0 Å². The molecule has 0 atom stereocenters. The largest absolute Gasteiger partial charge is 0.489 e. The second-order valence-electron chi connectivity index (χ2n) is 3.23. The molecular formula is C13H13BrMgO. The molecule has 0 aliphatic carbocycles. The summed E-state index contributed by atoms with van der Waals surface area (Å²) < 4.78 is 6.69. The number of ether oxygens (including phenoxy) is 1. The van der Waals surface area contributed by atoms with Crippen LogP contribution in [0.2, 0.25) is 0 Å². The van der Waals surface area contributed by atoms with Gasteiger partial charge in [0.2, 0.25) is 0 Å². The van der Waals surface area contributed by atoms with E-state index in [9.17, 15) is 0 Å². The Kier molecular flexibility index (Phi) is 5.88. The summed E-state index contributed by atoms with van der Waals surface area (Å²) in [6.45, 7) is 0.614. The normalized spacial score (nSPS) is 9.31. The Bertz CT molecular complexity index is 414. The van der Waals surface area contributed by atoms with Gasteiger partial charge in [-0.3, -0.25) is 0 Å². The van der Waals surface area contributed by atoms with Gasteiger partial charge in [0.15, 0.2) is 0 Å². The van der Waals surface area contributed by atoms with Crippen molar-refractivity contribution in [2.45, 2.75) is 6.61 Å². The van der Waals surface area contributed by atoms with Crippen LogP contribution in [0.3, 0.4) is 0 Å². The highest BCUT2D eigenvalue weighted by atomic mass is 79.9. The first-order valence-electron chi connectivity index (χ1n) is 4.77. The summed E-state index contributed by atoms with van der Waals surface area (Å²) in [5.74, 6) is 0.891. The smallest absolute Gasteiger partial charge is 0.316 e. The van der Waals surface area contributed by atoms with Crippen molar-refractivity contribution in [3.05, 3.63) is 64.6 Å². The van der Waals surface area contributed by atoms with Gasteiger partial charge in [0.1, 0.15) is 12.4 Å². The first kappa shape index (κ1) is 13.6. The molecule has 2 aromatic carbocycles. The maximum atomic E-state index is 5.63. The van der Waals surface area contributed by atoms with Crippen LogP contribution in [-0.4, -0.2) is 23.1 Å². The van der Waals surface area contributed by atoms with Crippen LogP contribution in [0.25, 0.3) is 0 Å². The standard InChI is InChI=1S/C13H11BrO.Mg.2H/c14-12-6-8-13(9-7-12)15-10-11-4-2-1-3-5-11;;;/h1-9H,10H2;;;. The van der Waals surface area contributed by atoms with Crippen molar-refractivity contribution in [1.29, 1.82) is 0 Å². The molecule has 0 bridgehead atoms. The van der Waals surface area contributed by atoms with Gasteiger partial charge in [-0.25, -0.2) is 0 Å². The van der Waals surface area contributed by atoms with Crippen LogP contribution in [0, 0.1) is 0 Å². The summed E-state index contributed by atoms with van der Waals surface area (Å²) in [5, 5.41) is 0. The minimum Gasteiger partial charge on any atom is -0.489 e. The van der Waals surface area contributed by atoms with Gasteiger partial charge < -0.3 is 4.74 Å². The van der Waals surface area contributed by atoms with Crippen LogP contribution in [0.15, 0.2) is 59.1 Å². The molecular weight excluding hydrogens is 276 g/mol. The fourth-order valence-corrected chi connectivity index (χ4v) is 1.54. The van der Waals surface area contributed by atoms with Gasteiger partial charge in [0.05, 0.1) is 0 Å². The molecule has 0 fully saturated rings. The summed E-state index contributed by atoms with van der Waals surface area (Å²) in [5.41, 5.74) is 1.18. The molecule has 0 spiro atoms. The van der Waals surface area contributed by atoms with Crippen LogP contribution in [0.5, 0.6) is 5.75 Å². The Hall–Kier alpha value is -0.514. The van der Waals surface area contributed by atoms with E-state index in [0.717, 1.165) is 10.2 Å². The minimum absolute atomic E-state index is 0. The van der Waals surface area contributed by atoms with Crippen molar-refractivity contribution in [2.75, 3.05) is 0 Å². The average molecular weight is 289 g/mol. The van der Waals surface area contributed by atoms with Crippen LogP contribution >= 0.6 is 15.9 Å². The topological polar surface area (TPSA) is 9.23 Å². The van der Waals surface area contributed by atoms with Crippen LogP contribution in [0.4, 0.5) is 0 Å². The molecule has 1 nitrogen and oxygen atoms in total. The molecule has 2 aromatic rings. The maximum Gasteiger partial charge on any atom is 0.316 e. The maximum absolute atomic E-state index is 5.63. The molecule has 0 heterocycles. The number of hydrogen-bond acceptors (Lipinski definition) is 1. The van der Waals surface area contributed by atoms with Crippen molar-refractivity contribution >= 4 is 39.0 Å². The number of rotatable bonds is 3. The molecule has 0 aliphatic heterocycles. The minimum atomic E-state index is 0. The first-order valence-corrected chi connectivity index (χ1v) is 5.56. The highest BCUT2D eigenvalue weighted by Gasteiger charge is 1.94. The molecule has 0 saturated carbocycles. The fourth-order valence-electron chi connectivity index (χ4n) is 1.27. The lowest BCUT2D eigenvalue weighted by Gasteiger charge is -2.05. The molecule has 0 aliphatic rings. The Labute approximate surface area is 120 Å². The van der Waals surface area contributed by atoms with Crippen molar-refractivity contribution in [1.82, 2.24) is 0 Å². The zero-order valence-electron chi connectivity index (χ0n) is 8.19. The van der Waals surface area contributed by atoms with Crippen molar-refractivity contribution in [2.24, 2.45) is 0 Å². The lowest BCUT2D eigenvalue weighted by Crippen LogP contribution is -1.94. The van der Waals surface area contributed by atoms with Crippen LogP contribution in [-0.2, 0) is 6.61 Å². The van der Waals surface area contributed by atoms with Gasteiger partial charge in [-0.1, -0.05) is 46.3 Å². The number of benzene rings is 2. The SMILES string of the molecule is Brc1ccc(OCc2ccccc2)cc1.[MgH2]. The second-order valence-corrected chi connectivity index (χ2v) is 4.14. The number of halogens is 1. The van der Waals surface area contributed by atoms with Crippen LogP contribution < -0.4 is 4.74 Å². The monoisotopic (exact) mass is 288 g/mol. The van der Waals surface area contributed by atoms with E-state index in [1.807, 2.05) is 42.5 Å². The predicted molar refractivity (Wildman–Crippen MR) is 73.5 cm³/mol. The van der Waals surface area contributed by atoms with E-state index in [4.69, 9.17) is 4.74 Å². The lowest BCUT2D eigenvalue weighted by molar-refractivity contribution is 0.306. The zero-order chi connectivity index (χ0) is 10.5. The molecule has 0 N–H and O–H groups in total. The third-order valence-electron chi connectivity index (χ3n) is 2.06. The van der Waals surface area contributed by atoms with E-state index in [1.54, 1.807) is 0 Å². The molecule has 0 amide bonds. The van der Waals surface area contributed by atoms with E-state index in [1.165, 1.54) is 5.56 Å². The van der Waals surface area contributed by atoms with Crippen molar-refractivity contribution in [3.63, 3.8) is 0 Å². The van der Waals surface area contributed by atoms with E-state index in [-0.39, 0.29) is 23.1 Å². The Morgan fingerprint density at radius 1 is 0.875 bits per heavy atom. The quantitative estimate of drug-likeness (QED) is 0.789. The van der Waals surface area contributed by atoms with Gasteiger partial charge >= 0.3 is 23.1 Å². The van der Waals surface area contributed by atoms with Crippen LogP contribution in [0.1, 0.15) is 5.56 Å². The van der Waals surface area contributed by atoms with E-state index in [0.29, 0.717) is 6.61 Å². The first-order chi connectivity index (χ1) is 7.34. The molecule has 3 heteroatoms. The summed E-state index contributed by atoms with van der Waals surface area (Å²) in [6.07, 6.45) is 0. The third-order valence-corrected chi connectivity index (χ3v) is 2.59. The van der Waals surface area contributed by atoms with E-state index < -0.39 is 0 Å². The number of hydrogen-bond donors (Lipinski definition) is 0. The summed E-state index contributed by atoms with van der Waals surface area (Å²) >= 11 is 3.39. The van der Waals surface area contributed by atoms with E-state index >= 15 is 0 Å². The predicted octanol–water partition coefficient (Wildman–Crippen LogP) is 3.11. The Balaban J connectivity index is 0.00000128. The van der Waals surface area contributed by atoms with Crippen molar-refractivity contribution in [3.8, 4) is 5.75 Å². The fraction of sp³-hybridized carbons (Fsp3) is 0.0769. The molecule has 2 rings (SSSR count). The average Bonchev–Trinajstić information content (AvgIpc) is 2.30. The summed E-state index contributed by atoms with van der Waals surface area (Å²) in [4.78, 5) is 0. The van der Waals surface area contributed by atoms with Gasteiger partial charge in [-0.05, 0) is 29.8 Å². The Morgan fingerprint density at radius 3 is 2.12 bits per heavy atom. The second kappa shape index (κ2) is 6.94.